The number of carbonyl (C=O) groups excluding carboxylic acids is 1. The van der Waals surface area contributed by atoms with Gasteiger partial charge in [-0.25, -0.2) is 9.97 Å². The number of halogens is 1. The molecule has 1 aliphatic heterocycles. The van der Waals surface area contributed by atoms with Crippen LogP contribution in [0.2, 0.25) is 0 Å². The molecule has 1 saturated heterocycles. The quantitative estimate of drug-likeness (QED) is 0.596. The fourth-order valence-corrected chi connectivity index (χ4v) is 3.61. The molecule has 8 heteroatoms. The highest BCUT2D eigenvalue weighted by molar-refractivity contribution is 9.10. The molecule has 1 fully saturated rings. The predicted octanol–water partition coefficient (Wildman–Crippen LogP) is 4.43. The van der Waals surface area contributed by atoms with Crippen LogP contribution in [0.4, 0.5) is 11.5 Å². The molecule has 4 rings (SSSR count). The maximum atomic E-state index is 12.6. The fourth-order valence-electron chi connectivity index (χ4n) is 3.13. The van der Waals surface area contributed by atoms with Gasteiger partial charge in [0.05, 0.1) is 13.2 Å². The monoisotopic (exact) mass is 468 g/mol. The number of benzene rings is 2. The molecule has 0 aliphatic carbocycles. The Hall–Kier alpha value is -2.97. The third-order valence-electron chi connectivity index (χ3n) is 4.72. The van der Waals surface area contributed by atoms with Gasteiger partial charge >= 0.3 is 0 Å². The lowest BCUT2D eigenvalue weighted by Gasteiger charge is -2.28. The van der Waals surface area contributed by atoms with E-state index in [-0.39, 0.29) is 5.91 Å². The van der Waals surface area contributed by atoms with Gasteiger partial charge in [-0.3, -0.25) is 4.79 Å². The number of hydrogen-bond acceptors (Lipinski definition) is 6. The summed E-state index contributed by atoms with van der Waals surface area (Å²) < 4.78 is 12.3. The smallest absolute Gasteiger partial charge is 0.263 e. The predicted molar refractivity (Wildman–Crippen MR) is 118 cm³/mol. The standard InChI is InChI=1S/C22H21BrN4O3/c1-15-14-17(23)4-7-19(15)26-21(28)16-2-5-18(6-3-16)30-22-20(24-8-9-25-22)27-10-12-29-13-11-27/h2-9,14H,10-13H2,1H3,(H,26,28). The van der Waals surface area contributed by atoms with Gasteiger partial charge in [0, 0.05) is 41.2 Å². The second-order valence-corrected chi connectivity index (χ2v) is 7.74. The number of anilines is 2. The van der Waals surface area contributed by atoms with Gasteiger partial charge in [-0.1, -0.05) is 15.9 Å². The van der Waals surface area contributed by atoms with Gasteiger partial charge < -0.3 is 19.7 Å². The van der Waals surface area contributed by atoms with E-state index in [1.807, 2.05) is 25.1 Å². The van der Waals surface area contributed by atoms with E-state index >= 15 is 0 Å². The van der Waals surface area contributed by atoms with Crippen LogP contribution in [-0.2, 0) is 4.74 Å². The van der Waals surface area contributed by atoms with Crippen LogP contribution in [0.25, 0.3) is 0 Å². The zero-order valence-corrected chi connectivity index (χ0v) is 18.1. The molecule has 154 valence electrons. The highest BCUT2D eigenvalue weighted by Crippen LogP contribution is 2.29. The van der Waals surface area contributed by atoms with Crippen molar-refractivity contribution in [3.8, 4) is 11.6 Å². The average Bonchev–Trinajstić information content (AvgIpc) is 2.77. The SMILES string of the molecule is Cc1cc(Br)ccc1NC(=O)c1ccc(Oc2nccnc2N2CCOCC2)cc1. The summed E-state index contributed by atoms with van der Waals surface area (Å²) in [6, 6.07) is 12.7. The van der Waals surface area contributed by atoms with Gasteiger partial charge in [-0.2, -0.15) is 0 Å². The Kier molecular flexibility index (Phi) is 6.25. The van der Waals surface area contributed by atoms with Gasteiger partial charge in [0.15, 0.2) is 5.82 Å². The molecule has 0 spiro atoms. The van der Waals surface area contributed by atoms with E-state index in [0.29, 0.717) is 36.2 Å². The number of hydrogen-bond donors (Lipinski definition) is 1. The number of nitrogens with one attached hydrogen (secondary N) is 1. The molecule has 3 aromatic rings. The molecule has 0 bridgehead atoms. The summed E-state index contributed by atoms with van der Waals surface area (Å²) in [5.41, 5.74) is 2.30. The van der Waals surface area contributed by atoms with Crippen molar-refractivity contribution in [3.05, 3.63) is 70.5 Å². The fraction of sp³-hybridized carbons (Fsp3) is 0.227. The first-order chi connectivity index (χ1) is 14.6. The lowest BCUT2D eigenvalue weighted by molar-refractivity contribution is 0.102. The van der Waals surface area contributed by atoms with E-state index in [0.717, 1.165) is 28.8 Å². The van der Waals surface area contributed by atoms with Gasteiger partial charge in [0.25, 0.3) is 11.8 Å². The molecule has 30 heavy (non-hydrogen) atoms. The van der Waals surface area contributed by atoms with Crippen LogP contribution in [-0.4, -0.2) is 42.2 Å². The van der Waals surface area contributed by atoms with Gasteiger partial charge in [-0.15, -0.1) is 0 Å². The summed E-state index contributed by atoms with van der Waals surface area (Å²) in [7, 11) is 0. The van der Waals surface area contributed by atoms with Crippen LogP contribution in [0.15, 0.2) is 59.3 Å². The van der Waals surface area contributed by atoms with Crippen LogP contribution >= 0.6 is 15.9 Å². The molecule has 1 aromatic heterocycles. The minimum Gasteiger partial charge on any atom is -0.436 e. The molecular weight excluding hydrogens is 448 g/mol. The maximum Gasteiger partial charge on any atom is 0.263 e. The molecule has 0 unspecified atom stereocenters. The highest BCUT2D eigenvalue weighted by Gasteiger charge is 2.18. The van der Waals surface area contributed by atoms with Gasteiger partial charge in [-0.05, 0) is 55.0 Å². The summed E-state index contributed by atoms with van der Waals surface area (Å²) in [5.74, 6) is 1.53. The van der Waals surface area contributed by atoms with Crippen LogP contribution in [0.1, 0.15) is 15.9 Å². The van der Waals surface area contributed by atoms with Crippen LogP contribution in [0.3, 0.4) is 0 Å². The lowest BCUT2D eigenvalue weighted by atomic mass is 10.1. The summed E-state index contributed by atoms with van der Waals surface area (Å²) in [6.07, 6.45) is 3.25. The topological polar surface area (TPSA) is 76.6 Å². The Morgan fingerprint density at radius 1 is 1.10 bits per heavy atom. The van der Waals surface area contributed by atoms with E-state index < -0.39 is 0 Å². The minimum atomic E-state index is -0.180. The third-order valence-corrected chi connectivity index (χ3v) is 5.22. The van der Waals surface area contributed by atoms with Crippen LogP contribution < -0.4 is 15.0 Å². The van der Waals surface area contributed by atoms with Crippen molar-refractivity contribution in [1.29, 1.82) is 0 Å². The number of aromatic nitrogens is 2. The van der Waals surface area contributed by atoms with Crippen molar-refractivity contribution in [1.82, 2.24) is 9.97 Å². The molecule has 0 radical (unpaired) electrons. The van der Waals surface area contributed by atoms with Crippen molar-refractivity contribution in [2.75, 3.05) is 36.5 Å². The first-order valence-corrected chi connectivity index (χ1v) is 10.4. The van der Waals surface area contributed by atoms with Crippen molar-refractivity contribution >= 4 is 33.3 Å². The summed E-state index contributed by atoms with van der Waals surface area (Å²) in [5, 5.41) is 2.93. The molecule has 7 nitrogen and oxygen atoms in total. The Bertz CT molecular complexity index is 1040. The molecule has 2 aromatic carbocycles. The van der Waals surface area contributed by atoms with Crippen LogP contribution in [0, 0.1) is 6.92 Å². The average molecular weight is 469 g/mol. The number of amides is 1. The number of morpholine rings is 1. The largest absolute Gasteiger partial charge is 0.436 e. The number of nitrogens with zero attached hydrogens (tertiary/aromatic N) is 3. The van der Waals surface area contributed by atoms with Crippen molar-refractivity contribution in [2.24, 2.45) is 0 Å². The lowest BCUT2D eigenvalue weighted by Crippen LogP contribution is -2.37. The number of aryl methyl sites for hydroxylation is 1. The zero-order chi connectivity index (χ0) is 20.9. The zero-order valence-electron chi connectivity index (χ0n) is 16.5. The Morgan fingerprint density at radius 3 is 2.57 bits per heavy atom. The van der Waals surface area contributed by atoms with E-state index in [9.17, 15) is 4.79 Å². The maximum absolute atomic E-state index is 12.6. The molecular formula is C22H21BrN4O3. The van der Waals surface area contributed by atoms with Crippen molar-refractivity contribution in [2.45, 2.75) is 6.92 Å². The first-order valence-electron chi connectivity index (χ1n) is 9.59. The summed E-state index contributed by atoms with van der Waals surface area (Å²) >= 11 is 3.43. The number of ether oxygens (including phenoxy) is 2. The Morgan fingerprint density at radius 2 is 1.83 bits per heavy atom. The molecule has 0 saturated carbocycles. The van der Waals surface area contributed by atoms with Gasteiger partial charge in [0.1, 0.15) is 5.75 Å². The summed E-state index contributed by atoms with van der Waals surface area (Å²) in [6.45, 7) is 4.73. The normalized spacial score (nSPS) is 13.7. The second kappa shape index (κ2) is 9.23. The first kappa shape index (κ1) is 20.3. The van der Waals surface area contributed by atoms with Gasteiger partial charge in [0.2, 0.25) is 0 Å². The molecule has 1 N–H and O–H groups in total. The van der Waals surface area contributed by atoms with Crippen molar-refractivity contribution in [3.63, 3.8) is 0 Å². The highest BCUT2D eigenvalue weighted by atomic mass is 79.9. The van der Waals surface area contributed by atoms with E-state index in [2.05, 4.69) is 36.1 Å². The Balaban J connectivity index is 1.46. The minimum absolute atomic E-state index is 0.180. The van der Waals surface area contributed by atoms with E-state index in [1.165, 1.54) is 0 Å². The van der Waals surface area contributed by atoms with E-state index in [4.69, 9.17) is 9.47 Å². The van der Waals surface area contributed by atoms with Crippen LogP contribution in [0.5, 0.6) is 11.6 Å². The number of carbonyl (C=O) groups is 1. The molecule has 1 aliphatic rings. The van der Waals surface area contributed by atoms with E-state index in [1.54, 1.807) is 36.7 Å². The molecule has 0 atom stereocenters. The molecule has 2 heterocycles. The summed E-state index contributed by atoms with van der Waals surface area (Å²) in [4.78, 5) is 23.4. The van der Waals surface area contributed by atoms with Crippen molar-refractivity contribution < 1.29 is 14.3 Å². The third kappa shape index (κ3) is 4.77. The second-order valence-electron chi connectivity index (χ2n) is 6.82. The molecule has 1 amide bonds. The number of rotatable bonds is 5. The Labute approximate surface area is 183 Å².